The van der Waals surface area contributed by atoms with E-state index in [4.69, 9.17) is 21.1 Å². The summed E-state index contributed by atoms with van der Waals surface area (Å²) >= 11 is 7.15. The number of carbonyl (C=O) groups excluding carboxylic acids is 2. The summed E-state index contributed by atoms with van der Waals surface area (Å²) in [7, 11) is 0. The number of amides is 1. The quantitative estimate of drug-likeness (QED) is 0.107. The molecule has 0 saturated carbocycles. The Bertz CT molecular complexity index is 1340. The molecule has 0 atom stereocenters. The first-order valence-electron chi connectivity index (χ1n) is 10.7. The topological polar surface area (TPSA) is 106 Å². The number of hydrazone groups is 1. The number of imidazole rings is 1. The minimum absolute atomic E-state index is 0.154. The monoisotopic (exact) mass is 508 g/mol. The highest BCUT2D eigenvalue weighted by atomic mass is 35.5. The summed E-state index contributed by atoms with van der Waals surface area (Å²) in [6.45, 7) is 2.20. The zero-order valence-corrected chi connectivity index (χ0v) is 20.2. The number of rotatable bonds is 9. The van der Waals surface area contributed by atoms with Crippen LogP contribution < -0.4 is 14.9 Å². The molecule has 0 fully saturated rings. The van der Waals surface area contributed by atoms with E-state index in [0.29, 0.717) is 33.7 Å². The van der Waals surface area contributed by atoms with Crippen molar-refractivity contribution in [1.82, 2.24) is 15.4 Å². The van der Waals surface area contributed by atoms with Crippen molar-refractivity contribution in [3.63, 3.8) is 0 Å². The highest BCUT2D eigenvalue weighted by molar-refractivity contribution is 7.99. The van der Waals surface area contributed by atoms with Crippen molar-refractivity contribution < 1.29 is 19.1 Å². The van der Waals surface area contributed by atoms with Gasteiger partial charge in [-0.05, 0) is 67.1 Å². The van der Waals surface area contributed by atoms with Crippen LogP contribution in [0.5, 0.6) is 11.5 Å². The Balaban J connectivity index is 1.34. The number of thioether (sulfide) groups is 1. The number of para-hydroxylation sites is 2. The Morgan fingerprint density at radius 3 is 2.69 bits per heavy atom. The highest BCUT2D eigenvalue weighted by Gasteiger charge is 2.13. The summed E-state index contributed by atoms with van der Waals surface area (Å²) in [4.78, 5) is 32.2. The van der Waals surface area contributed by atoms with Gasteiger partial charge in [0, 0.05) is 5.02 Å². The minimum atomic E-state index is -0.529. The van der Waals surface area contributed by atoms with Gasteiger partial charge >= 0.3 is 5.97 Å². The summed E-state index contributed by atoms with van der Waals surface area (Å²) in [5, 5.41) is 5.19. The third kappa shape index (κ3) is 6.62. The molecule has 0 aliphatic heterocycles. The van der Waals surface area contributed by atoms with Crippen molar-refractivity contribution in [2.24, 2.45) is 5.10 Å². The molecule has 2 N–H and O–H groups in total. The van der Waals surface area contributed by atoms with E-state index in [-0.39, 0.29) is 17.4 Å². The number of hydrogen-bond donors (Lipinski definition) is 2. The van der Waals surface area contributed by atoms with E-state index in [1.54, 1.807) is 42.5 Å². The number of carbonyl (C=O) groups is 2. The standard InChI is InChI=1S/C25H21ClN4O4S/c1-2-33-22-13-16(7-12-21(22)34-24(32)17-8-10-18(26)11-9-17)14-27-30-23(31)15-35-25-28-19-5-3-4-6-20(19)29-25/h3-14H,2,15H2,1H3,(H,28,29)(H,30,31)/b27-14-. The summed E-state index contributed by atoms with van der Waals surface area (Å²) < 4.78 is 11.1. The number of esters is 1. The van der Waals surface area contributed by atoms with Crippen LogP contribution in [0.1, 0.15) is 22.8 Å². The lowest BCUT2D eigenvalue weighted by Crippen LogP contribution is -2.19. The first-order chi connectivity index (χ1) is 17.0. The summed E-state index contributed by atoms with van der Waals surface area (Å²) in [5.74, 6) is 0.00488. The maximum atomic E-state index is 12.4. The molecule has 0 aliphatic rings. The van der Waals surface area contributed by atoms with E-state index in [1.165, 1.54) is 18.0 Å². The fourth-order valence-electron chi connectivity index (χ4n) is 3.05. The molecular formula is C25H21ClN4O4S. The molecule has 0 radical (unpaired) electrons. The molecule has 0 saturated heterocycles. The minimum Gasteiger partial charge on any atom is -0.490 e. The van der Waals surface area contributed by atoms with Crippen LogP contribution in [0.2, 0.25) is 5.02 Å². The number of ether oxygens (including phenoxy) is 2. The Hall–Kier alpha value is -3.82. The van der Waals surface area contributed by atoms with Crippen molar-refractivity contribution in [3.05, 3.63) is 82.9 Å². The average Bonchev–Trinajstić information content (AvgIpc) is 3.28. The van der Waals surface area contributed by atoms with Gasteiger partial charge in [-0.1, -0.05) is 35.5 Å². The number of aromatic nitrogens is 2. The lowest BCUT2D eigenvalue weighted by atomic mass is 10.2. The number of halogens is 1. The van der Waals surface area contributed by atoms with Gasteiger partial charge in [-0.3, -0.25) is 4.79 Å². The number of H-pyrrole nitrogens is 1. The van der Waals surface area contributed by atoms with E-state index in [0.717, 1.165) is 11.0 Å². The fraction of sp³-hybridized carbons (Fsp3) is 0.120. The molecule has 178 valence electrons. The Kier molecular flexibility index (Phi) is 8.02. The maximum Gasteiger partial charge on any atom is 0.343 e. The van der Waals surface area contributed by atoms with E-state index in [1.807, 2.05) is 31.2 Å². The van der Waals surface area contributed by atoms with E-state index in [2.05, 4.69) is 20.5 Å². The molecule has 1 heterocycles. The normalized spacial score (nSPS) is 11.0. The summed E-state index contributed by atoms with van der Waals surface area (Å²) in [5.41, 5.74) is 5.28. The third-order valence-electron chi connectivity index (χ3n) is 4.66. The predicted octanol–water partition coefficient (Wildman–Crippen LogP) is 5.08. The highest BCUT2D eigenvalue weighted by Crippen LogP contribution is 2.29. The Morgan fingerprint density at radius 2 is 1.91 bits per heavy atom. The van der Waals surface area contributed by atoms with Crippen LogP contribution in [0, 0.1) is 0 Å². The predicted molar refractivity (Wildman–Crippen MR) is 137 cm³/mol. The summed E-state index contributed by atoms with van der Waals surface area (Å²) in [6.07, 6.45) is 1.48. The molecule has 0 unspecified atom stereocenters. The smallest absolute Gasteiger partial charge is 0.343 e. The van der Waals surface area contributed by atoms with Crippen molar-refractivity contribution >= 4 is 52.5 Å². The number of fused-ring (bicyclic) bond motifs is 1. The summed E-state index contributed by atoms with van der Waals surface area (Å²) in [6, 6.07) is 19.0. The maximum absolute atomic E-state index is 12.4. The van der Waals surface area contributed by atoms with Crippen molar-refractivity contribution in [3.8, 4) is 11.5 Å². The van der Waals surface area contributed by atoms with Crippen molar-refractivity contribution in [1.29, 1.82) is 0 Å². The largest absolute Gasteiger partial charge is 0.490 e. The number of nitrogens with zero attached hydrogens (tertiary/aromatic N) is 2. The second-order valence-corrected chi connectivity index (χ2v) is 8.58. The number of benzene rings is 3. The number of hydrogen-bond acceptors (Lipinski definition) is 7. The van der Waals surface area contributed by atoms with Crippen LogP contribution in [0.25, 0.3) is 11.0 Å². The number of aromatic amines is 1. The zero-order chi connectivity index (χ0) is 24.6. The van der Waals surface area contributed by atoms with Gasteiger partial charge in [0.05, 0.1) is 35.2 Å². The third-order valence-corrected chi connectivity index (χ3v) is 5.79. The van der Waals surface area contributed by atoms with Gasteiger partial charge in [0.1, 0.15) is 0 Å². The Morgan fingerprint density at radius 1 is 1.11 bits per heavy atom. The molecule has 0 spiro atoms. The molecule has 35 heavy (non-hydrogen) atoms. The zero-order valence-electron chi connectivity index (χ0n) is 18.7. The second-order valence-electron chi connectivity index (χ2n) is 7.18. The Labute approximate surface area is 210 Å². The van der Waals surface area contributed by atoms with Crippen molar-refractivity contribution in [2.75, 3.05) is 12.4 Å². The lowest BCUT2D eigenvalue weighted by Gasteiger charge is -2.11. The number of nitrogens with one attached hydrogen (secondary N) is 2. The molecule has 10 heteroatoms. The van der Waals surface area contributed by atoms with E-state index >= 15 is 0 Å². The van der Waals surface area contributed by atoms with Gasteiger partial charge in [0.15, 0.2) is 16.7 Å². The molecular weight excluding hydrogens is 488 g/mol. The molecule has 8 nitrogen and oxygen atoms in total. The van der Waals surface area contributed by atoms with Gasteiger partial charge in [-0.2, -0.15) is 5.10 Å². The van der Waals surface area contributed by atoms with E-state index < -0.39 is 5.97 Å². The molecule has 0 bridgehead atoms. The van der Waals surface area contributed by atoms with Gasteiger partial charge in [-0.25, -0.2) is 15.2 Å². The molecule has 4 rings (SSSR count). The molecule has 1 amide bonds. The van der Waals surface area contributed by atoms with Crippen LogP contribution in [0.15, 0.2) is 77.0 Å². The fourth-order valence-corrected chi connectivity index (χ4v) is 3.85. The van der Waals surface area contributed by atoms with Crippen LogP contribution in [0.3, 0.4) is 0 Å². The first-order valence-corrected chi connectivity index (χ1v) is 12.0. The van der Waals surface area contributed by atoms with E-state index in [9.17, 15) is 9.59 Å². The molecule has 1 aromatic heterocycles. The SMILES string of the molecule is CCOc1cc(/C=N\NC(=O)CSc2nc3ccccc3[nH]2)ccc1OC(=O)c1ccc(Cl)cc1. The van der Waals surface area contributed by atoms with Gasteiger partial charge in [0.2, 0.25) is 0 Å². The van der Waals surface area contributed by atoms with Gasteiger partial charge < -0.3 is 14.5 Å². The van der Waals surface area contributed by atoms with Crippen LogP contribution in [-0.2, 0) is 4.79 Å². The molecule has 0 aliphatic carbocycles. The molecule has 3 aromatic carbocycles. The van der Waals surface area contributed by atoms with Crippen LogP contribution in [0.4, 0.5) is 0 Å². The average molecular weight is 509 g/mol. The van der Waals surface area contributed by atoms with Gasteiger partial charge in [0.25, 0.3) is 5.91 Å². The van der Waals surface area contributed by atoms with Gasteiger partial charge in [-0.15, -0.1) is 0 Å². The second kappa shape index (κ2) is 11.5. The van der Waals surface area contributed by atoms with Crippen molar-refractivity contribution in [2.45, 2.75) is 12.1 Å². The first kappa shape index (κ1) is 24.3. The lowest BCUT2D eigenvalue weighted by molar-refractivity contribution is -0.118. The van der Waals surface area contributed by atoms with Crippen LogP contribution >= 0.6 is 23.4 Å². The van der Waals surface area contributed by atoms with Crippen LogP contribution in [-0.4, -0.2) is 40.4 Å². The molecule has 4 aromatic rings.